The average Bonchev–Trinajstić information content (AvgIpc) is 3.33. The molecule has 0 bridgehead atoms. The highest BCUT2D eigenvalue weighted by atomic mass is 32.2. The largest absolute Gasteiger partial charge is 0.380 e. The molecule has 0 radical (unpaired) electrons. The number of nitrogens with zero attached hydrogens (tertiary/aromatic N) is 1. The van der Waals surface area contributed by atoms with Gasteiger partial charge in [0.15, 0.2) is 0 Å². The van der Waals surface area contributed by atoms with Crippen LogP contribution in [0.3, 0.4) is 0 Å². The highest BCUT2D eigenvalue weighted by molar-refractivity contribution is 7.89. The van der Waals surface area contributed by atoms with Crippen LogP contribution in [0.2, 0.25) is 0 Å². The Morgan fingerprint density at radius 1 is 1.11 bits per heavy atom. The summed E-state index contributed by atoms with van der Waals surface area (Å²) in [5.41, 5.74) is 3.82. The van der Waals surface area contributed by atoms with Crippen molar-refractivity contribution in [2.75, 3.05) is 26.9 Å². The van der Waals surface area contributed by atoms with Crippen LogP contribution in [0.15, 0.2) is 53.4 Å². The third-order valence-corrected chi connectivity index (χ3v) is 9.05. The van der Waals surface area contributed by atoms with Crippen LogP contribution < -0.4 is 4.72 Å². The summed E-state index contributed by atoms with van der Waals surface area (Å²) < 4.78 is 39.9. The first-order valence-electron chi connectivity index (χ1n) is 13.0. The molecule has 5 rings (SSSR count). The summed E-state index contributed by atoms with van der Waals surface area (Å²) >= 11 is 0. The quantitative estimate of drug-likeness (QED) is 0.484. The Kier molecular flexibility index (Phi) is 7.67. The Labute approximate surface area is 218 Å². The third-order valence-electron chi connectivity index (χ3n) is 7.53. The van der Waals surface area contributed by atoms with E-state index in [1.54, 1.807) is 19.2 Å². The minimum absolute atomic E-state index is 0.0430. The summed E-state index contributed by atoms with van der Waals surface area (Å²) in [6.07, 6.45) is 2.70. The lowest BCUT2D eigenvalue weighted by Gasteiger charge is -2.37. The number of sulfonamides is 1. The lowest BCUT2D eigenvalue weighted by atomic mass is 9.85. The Morgan fingerprint density at radius 3 is 2.57 bits per heavy atom. The highest BCUT2D eigenvalue weighted by Crippen LogP contribution is 2.30. The molecule has 1 saturated carbocycles. The number of methoxy groups -OCH3 is 1. The Morgan fingerprint density at radius 2 is 1.86 bits per heavy atom. The first-order valence-corrected chi connectivity index (χ1v) is 14.4. The molecule has 1 atom stereocenters. The molecule has 1 amide bonds. The predicted molar refractivity (Wildman–Crippen MR) is 143 cm³/mol. The van der Waals surface area contributed by atoms with Gasteiger partial charge in [-0.25, -0.2) is 13.1 Å². The average molecular weight is 526 g/mol. The second kappa shape index (κ2) is 10.9. The van der Waals surface area contributed by atoms with E-state index in [2.05, 4.69) is 9.71 Å². The molecule has 2 aromatic carbocycles. The molecule has 37 heavy (non-hydrogen) atoms. The minimum atomic E-state index is -3.68. The van der Waals surface area contributed by atoms with Crippen molar-refractivity contribution in [3.05, 3.63) is 54.1 Å². The molecule has 0 spiro atoms. The number of aromatic nitrogens is 1. The Balaban J connectivity index is 1.23. The van der Waals surface area contributed by atoms with Gasteiger partial charge in [0.05, 0.1) is 30.8 Å². The molecular weight excluding hydrogens is 490 g/mol. The van der Waals surface area contributed by atoms with Crippen LogP contribution in [-0.2, 0) is 30.9 Å². The second-order valence-electron chi connectivity index (χ2n) is 10.2. The number of fused-ring (bicyclic) bond motifs is 1. The van der Waals surface area contributed by atoms with Gasteiger partial charge in [0.25, 0.3) is 0 Å². The molecule has 1 aliphatic heterocycles. The summed E-state index contributed by atoms with van der Waals surface area (Å²) in [6.45, 7) is 4.37. The van der Waals surface area contributed by atoms with Gasteiger partial charge in [-0.1, -0.05) is 30.3 Å². The summed E-state index contributed by atoms with van der Waals surface area (Å²) in [6, 6.07) is 15.2. The zero-order chi connectivity index (χ0) is 26.0. The molecule has 1 saturated heterocycles. The van der Waals surface area contributed by atoms with E-state index in [4.69, 9.17) is 9.47 Å². The van der Waals surface area contributed by atoms with Gasteiger partial charge < -0.3 is 19.4 Å². The fourth-order valence-electron chi connectivity index (χ4n) is 5.41. The van der Waals surface area contributed by atoms with Crippen LogP contribution >= 0.6 is 0 Å². The number of rotatable bonds is 7. The van der Waals surface area contributed by atoms with Gasteiger partial charge in [-0.3, -0.25) is 4.79 Å². The van der Waals surface area contributed by atoms with Crippen molar-refractivity contribution in [2.24, 2.45) is 5.92 Å². The van der Waals surface area contributed by atoms with E-state index >= 15 is 0 Å². The van der Waals surface area contributed by atoms with E-state index < -0.39 is 10.0 Å². The van der Waals surface area contributed by atoms with E-state index in [-0.39, 0.29) is 28.8 Å². The number of carbonyl (C=O) groups excluding carboxylic acids is 1. The molecule has 8 nitrogen and oxygen atoms in total. The van der Waals surface area contributed by atoms with Crippen molar-refractivity contribution in [2.45, 2.75) is 56.2 Å². The lowest BCUT2D eigenvalue weighted by molar-refractivity contribution is -0.144. The van der Waals surface area contributed by atoms with Crippen molar-refractivity contribution in [3.63, 3.8) is 0 Å². The molecule has 198 valence electrons. The molecule has 2 fully saturated rings. The Hall–Kier alpha value is -2.72. The van der Waals surface area contributed by atoms with E-state index in [1.165, 1.54) is 0 Å². The number of aromatic amines is 1. The van der Waals surface area contributed by atoms with Crippen molar-refractivity contribution >= 4 is 26.8 Å². The minimum Gasteiger partial charge on any atom is -0.380 e. The molecular formula is C28H35N3O5S. The van der Waals surface area contributed by atoms with E-state index in [9.17, 15) is 13.2 Å². The Bertz CT molecular complexity index is 1340. The smallest absolute Gasteiger partial charge is 0.240 e. The zero-order valence-corrected chi connectivity index (χ0v) is 22.2. The van der Waals surface area contributed by atoms with Gasteiger partial charge in [0, 0.05) is 42.2 Å². The summed E-state index contributed by atoms with van der Waals surface area (Å²) in [5, 5.41) is 0.950. The summed E-state index contributed by atoms with van der Waals surface area (Å²) in [5.74, 6) is 0.136. The topological polar surface area (TPSA) is 101 Å². The first kappa shape index (κ1) is 25.9. The number of hydrogen-bond acceptors (Lipinski definition) is 5. The second-order valence-corrected chi connectivity index (χ2v) is 11.9. The predicted octanol–water partition coefficient (Wildman–Crippen LogP) is 4.07. The maximum atomic E-state index is 13.2. The van der Waals surface area contributed by atoms with Crippen LogP contribution in [0, 0.1) is 5.92 Å². The number of H-pyrrole nitrogens is 1. The maximum absolute atomic E-state index is 13.2. The molecule has 2 N–H and O–H groups in total. The van der Waals surface area contributed by atoms with Gasteiger partial charge >= 0.3 is 0 Å². The molecule has 9 heteroatoms. The normalized spacial score (nSPS) is 22.9. The van der Waals surface area contributed by atoms with Crippen LogP contribution in [0.25, 0.3) is 22.2 Å². The van der Waals surface area contributed by atoms with Crippen molar-refractivity contribution in [3.8, 4) is 11.3 Å². The van der Waals surface area contributed by atoms with Gasteiger partial charge in [0.1, 0.15) is 0 Å². The molecule has 3 aromatic rings. The third kappa shape index (κ3) is 5.75. The van der Waals surface area contributed by atoms with E-state index in [1.807, 2.05) is 48.2 Å². The number of amides is 1. The highest BCUT2D eigenvalue weighted by Gasteiger charge is 2.34. The van der Waals surface area contributed by atoms with Gasteiger partial charge in [-0.15, -0.1) is 0 Å². The number of nitrogens with one attached hydrogen (secondary N) is 2. The van der Waals surface area contributed by atoms with Gasteiger partial charge in [0.2, 0.25) is 15.9 Å². The maximum Gasteiger partial charge on any atom is 0.240 e. The molecule has 2 heterocycles. The fraction of sp³-hybridized carbons (Fsp3) is 0.464. The summed E-state index contributed by atoms with van der Waals surface area (Å²) in [7, 11) is -2.01. The fourth-order valence-corrected chi connectivity index (χ4v) is 6.74. The van der Waals surface area contributed by atoms with Gasteiger partial charge in [-0.2, -0.15) is 0 Å². The molecule has 1 aliphatic carbocycles. The lowest BCUT2D eigenvalue weighted by Crippen LogP contribution is -2.50. The summed E-state index contributed by atoms with van der Waals surface area (Å²) in [4.78, 5) is 18.5. The SMILES string of the molecule is COCc1ccc(-c2cc3ccc(S(=O)(=O)N[C@H]4CC[C@H](C(=O)N5CCOC[C@@H]5C)CC4)cc3[nH]2)cc1. The first-order chi connectivity index (χ1) is 17.8. The molecule has 0 unspecified atom stereocenters. The number of morpholine rings is 1. The number of benzene rings is 2. The standard InChI is InChI=1S/C28H35N3O5S/c1-19-17-36-14-13-31(19)28(32)22-7-10-24(11-8-22)30-37(33,34)25-12-9-23-15-26(29-27(23)16-25)21-5-3-20(4-6-21)18-35-2/h3-6,9,12,15-16,19,22,24,29-30H,7-8,10-11,13-14,17-18H2,1-2H3/t19-,22-,24-/m0/s1. The van der Waals surface area contributed by atoms with Crippen LogP contribution in [0.1, 0.15) is 38.2 Å². The van der Waals surface area contributed by atoms with Crippen molar-refractivity contribution < 1.29 is 22.7 Å². The van der Waals surface area contributed by atoms with Crippen molar-refractivity contribution in [1.82, 2.24) is 14.6 Å². The number of ether oxygens (including phenoxy) is 2. The monoisotopic (exact) mass is 525 g/mol. The number of hydrogen-bond donors (Lipinski definition) is 2. The van der Waals surface area contributed by atoms with Crippen LogP contribution in [0.5, 0.6) is 0 Å². The van der Waals surface area contributed by atoms with Crippen molar-refractivity contribution in [1.29, 1.82) is 0 Å². The zero-order valence-electron chi connectivity index (χ0n) is 21.4. The molecule has 2 aliphatic rings. The van der Waals surface area contributed by atoms with Gasteiger partial charge in [-0.05, 0) is 61.9 Å². The van der Waals surface area contributed by atoms with Crippen LogP contribution in [0.4, 0.5) is 0 Å². The number of carbonyl (C=O) groups is 1. The van der Waals surface area contributed by atoms with E-state index in [0.29, 0.717) is 52.0 Å². The van der Waals surface area contributed by atoms with Crippen LogP contribution in [-0.4, -0.2) is 63.2 Å². The molecule has 1 aromatic heterocycles. The van der Waals surface area contributed by atoms with E-state index in [0.717, 1.165) is 27.7 Å².